The molecule has 18 heavy (non-hydrogen) atoms. The van der Waals surface area contributed by atoms with Crippen molar-refractivity contribution in [1.82, 2.24) is 9.78 Å². The van der Waals surface area contributed by atoms with Crippen LogP contribution in [0.25, 0.3) is 0 Å². The third-order valence-electron chi connectivity index (χ3n) is 3.38. The van der Waals surface area contributed by atoms with Crippen molar-refractivity contribution in [1.29, 1.82) is 0 Å². The molecule has 3 nitrogen and oxygen atoms in total. The highest BCUT2D eigenvalue weighted by atomic mass is 127. The highest BCUT2D eigenvalue weighted by Crippen LogP contribution is 2.37. The van der Waals surface area contributed by atoms with Gasteiger partial charge in [-0.15, -0.1) is 11.3 Å². The van der Waals surface area contributed by atoms with Crippen LogP contribution in [0, 0.1) is 2.88 Å². The number of anilines is 1. The first kappa shape index (κ1) is 12.5. The molecule has 0 fully saturated rings. The maximum atomic E-state index is 4.32. The van der Waals surface area contributed by atoms with E-state index in [2.05, 4.69) is 52.2 Å². The fourth-order valence-corrected chi connectivity index (χ4v) is 4.60. The van der Waals surface area contributed by atoms with Gasteiger partial charge in [-0.05, 0) is 60.4 Å². The van der Waals surface area contributed by atoms with Crippen LogP contribution >= 0.6 is 33.9 Å². The lowest BCUT2D eigenvalue weighted by molar-refractivity contribution is 0.608. The van der Waals surface area contributed by atoms with E-state index in [9.17, 15) is 0 Å². The Morgan fingerprint density at radius 1 is 1.61 bits per heavy atom. The Labute approximate surface area is 125 Å². The fraction of sp³-hybridized carbons (Fsp3) is 0.462. The molecule has 96 valence electrons. The van der Waals surface area contributed by atoms with Gasteiger partial charge in [0, 0.05) is 17.6 Å². The third kappa shape index (κ3) is 2.42. The van der Waals surface area contributed by atoms with Crippen molar-refractivity contribution in [2.24, 2.45) is 0 Å². The first-order valence-electron chi connectivity index (χ1n) is 6.33. The number of nitrogens with one attached hydrogen (secondary N) is 1. The van der Waals surface area contributed by atoms with E-state index in [1.807, 2.05) is 22.2 Å². The minimum Gasteiger partial charge on any atom is -0.376 e. The lowest BCUT2D eigenvalue weighted by Gasteiger charge is -2.23. The molecule has 1 N–H and O–H groups in total. The Kier molecular flexibility index (Phi) is 3.61. The van der Waals surface area contributed by atoms with Gasteiger partial charge < -0.3 is 5.32 Å². The molecule has 1 aliphatic carbocycles. The summed E-state index contributed by atoms with van der Waals surface area (Å²) in [5.74, 6) is 0. The molecule has 0 spiro atoms. The van der Waals surface area contributed by atoms with E-state index in [-0.39, 0.29) is 0 Å². The van der Waals surface area contributed by atoms with Crippen LogP contribution in [0.1, 0.15) is 36.2 Å². The number of nitrogens with zero attached hydrogens (tertiary/aromatic N) is 2. The van der Waals surface area contributed by atoms with Gasteiger partial charge in [0.25, 0.3) is 0 Å². The van der Waals surface area contributed by atoms with E-state index in [1.165, 1.54) is 27.7 Å². The monoisotopic (exact) mass is 373 g/mol. The molecule has 0 aliphatic heterocycles. The molecule has 1 aliphatic rings. The number of hydrogen-bond acceptors (Lipinski definition) is 3. The van der Waals surface area contributed by atoms with Crippen molar-refractivity contribution in [3.05, 3.63) is 31.8 Å². The molecule has 1 unspecified atom stereocenters. The minimum absolute atomic E-state index is 0.461. The van der Waals surface area contributed by atoms with E-state index >= 15 is 0 Å². The Morgan fingerprint density at radius 3 is 3.28 bits per heavy atom. The van der Waals surface area contributed by atoms with Crippen LogP contribution in [0.5, 0.6) is 0 Å². The molecular weight excluding hydrogens is 357 g/mol. The first-order chi connectivity index (χ1) is 8.76. The van der Waals surface area contributed by atoms with Gasteiger partial charge in [0.15, 0.2) is 0 Å². The Balaban J connectivity index is 1.81. The highest BCUT2D eigenvalue weighted by Gasteiger charge is 2.22. The van der Waals surface area contributed by atoms with E-state index in [4.69, 9.17) is 0 Å². The number of rotatable bonds is 3. The molecule has 0 radical (unpaired) electrons. The Bertz CT molecular complexity index is 546. The summed E-state index contributed by atoms with van der Waals surface area (Å²) in [6, 6.07) is 2.80. The molecule has 0 aromatic carbocycles. The number of fused-ring (bicyclic) bond motifs is 1. The van der Waals surface area contributed by atoms with Gasteiger partial charge in [0.1, 0.15) is 0 Å². The summed E-state index contributed by atoms with van der Waals surface area (Å²) in [5, 5.41) is 7.94. The molecule has 0 saturated heterocycles. The van der Waals surface area contributed by atoms with Crippen LogP contribution in [0.3, 0.4) is 0 Å². The maximum absolute atomic E-state index is 4.32. The minimum atomic E-state index is 0.461. The third-order valence-corrected chi connectivity index (χ3v) is 5.35. The van der Waals surface area contributed by atoms with Crippen molar-refractivity contribution in [3.8, 4) is 0 Å². The van der Waals surface area contributed by atoms with Gasteiger partial charge in [-0.1, -0.05) is 0 Å². The normalized spacial score (nSPS) is 18.7. The summed E-state index contributed by atoms with van der Waals surface area (Å²) in [5.41, 5.74) is 2.64. The maximum Gasteiger partial charge on any atom is 0.0731 e. The molecule has 2 aromatic heterocycles. The van der Waals surface area contributed by atoms with Crippen LogP contribution in [-0.4, -0.2) is 9.78 Å². The first-order valence-corrected chi connectivity index (χ1v) is 8.23. The SMILES string of the molecule is CCn1cc(NC2CCCc3sc(I)cc32)cn1. The average Bonchev–Trinajstić information content (AvgIpc) is 2.95. The second-order valence-electron chi connectivity index (χ2n) is 4.60. The molecule has 2 aromatic rings. The van der Waals surface area contributed by atoms with Crippen molar-refractivity contribution >= 4 is 39.6 Å². The van der Waals surface area contributed by atoms with Crippen LogP contribution in [0.2, 0.25) is 0 Å². The molecule has 2 heterocycles. The topological polar surface area (TPSA) is 29.9 Å². The second kappa shape index (κ2) is 5.21. The Morgan fingerprint density at radius 2 is 2.50 bits per heavy atom. The summed E-state index contributed by atoms with van der Waals surface area (Å²) in [7, 11) is 0. The molecule has 0 amide bonds. The molecule has 5 heteroatoms. The molecular formula is C13H16IN3S. The molecule has 3 rings (SSSR count). The van der Waals surface area contributed by atoms with Crippen molar-refractivity contribution in [2.45, 2.75) is 38.8 Å². The molecule has 0 saturated carbocycles. The largest absolute Gasteiger partial charge is 0.376 e. The number of halogens is 1. The van der Waals surface area contributed by atoms with Gasteiger partial charge in [-0.3, -0.25) is 4.68 Å². The number of aromatic nitrogens is 2. The van der Waals surface area contributed by atoms with Crippen molar-refractivity contribution < 1.29 is 0 Å². The number of aryl methyl sites for hydroxylation is 2. The zero-order valence-corrected chi connectivity index (χ0v) is 13.3. The van der Waals surface area contributed by atoms with Gasteiger partial charge in [-0.25, -0.2) is 0 Å². The van der Waals surface area contributed by atoms with E-state index < -0.39 is 0 Å². The van der Waals surface area contributed by atoms with Crippen LogP contribution in [0.15, 0.2) is 18.5 Å². The molecule has 0 bridgehead atoms. The Hall–Kier alpha value is -0.560. The molecule has 1 atom stereocenters. The second-order valence-corrected chi connectivity index (χ2v) is 7.63. The van der Waals surface area contributed by atoms with Crippen LogP contribution < -0.4 is 5.32 Å². The van der Waals surface area contributed by atoms with Gasteiger partial charge in [0.2, 0.25) is 0 Å². The summed E-state index contributed by atoms with van der Waals surface area (Å²) in [6.45, 7) is 3.03. The van der Waals surface area contributed by atoms with Crippen LogP contribution in [-0.2, 0) is 13.0 Å². The quantitative estimate of drug-likeness (QED) is 0.823. The van der Waals surface area contributed by atoms with Gasteiger partial charge in [-0.2, -0.15) is 5.10 Å². The summed E-state index contributed by atoms with van der Waals surface area (Å²) < 4.78 is 3.36. The predicted molar refractivity (Wildman–Crippen MR) is 84.2 cm³/mol. The fourth-order valence-electron chi connectivity index (χ4n) is 2.48. The zero-order chi connectivity index (χ0) is 12.5. The number of thiophene rings is 1. The highest BCUT2D eigenvalue weighted by molar-refractivity contribution is 14.1. The lowest BCUT2D eigenvalue weighted by Crippen LogP contribution is -2.15. The standard InChI is InChI=1S/C13H16IN3S/c1-2-17-8-9(7-15-17)16-11-4-3-5-12-10(11)6-13(14)18-12/h6-8,11,16H,2-5H2,1H3. The van der Waals surface area contributed by atoms with Gasteiger partial charge >= 0.3 is 0 Å². The summed E-state index contributed by atoms with van der Waals surface area (Å²) in [6.07, 6.45) is 7.76. The lowest BCUT2D eigenvalue weighted by atomic mass is 9.94. The van der Waals surface area contributed by atoms with Crippen molar-refractivity contribution in [3.63, 3.8) is 0 Å². The zero-order valence-electron chi connectivity index (χ0n) is 10.3. The van der Waals surface area contributed by atoms with E-state index in [1.54, 1.807) is 4.88 Å². The van der Waals surface area contributed by atoms with E-state index in [0.717, 1.165) is 12.2 Å². The number of hydrogen-bond donors (Lipinski definition) is 1. The van der Waals surface area contributed by atoms with Crippen molar-refractivity contribution in [2.75, 3.05) is 5.32 Å². The smallest absolute Gasteiger partial charge is 0.0731 e. The summed E-state index contributed by atoms with van der Waals surface area (Å²) >= 11 is 4.37. The summed E-state index contributed by atoms with van der Waals surface area (Å²) in [4.78, 5) is 1.56. The van der Waals surface area contributed by atoms with Gasteiger partial charge in [0.05, 0.1) is 20.8 Å². The van der Waals surface area contributed by atoms with Crippen LogP contribution in [0.4, 0.5) is 5.69 Å². The predicted octanol–water partition coefficient (Wildman–Crippen LogP) is 4.06. The van der Waals surface area contributed by atoms with E-state index in [0.29, 0.717) is 6.04 Å². The average molecular weight is 373 g/mol.